The largest absolute Gasteiger partial charge is 0.374 e. The van der Waals surface area contributed by atoms with Crippen LogP contribution in [0.25, 0.3) is 0 Å². The second-order valence-electron chi connectivity index (χ2n) is 4.58. The van der Waals surface area contributed by atoms with Gasteiger partial charge in [0.2, 0.25) is 0 Å². The lowest BCUT2D eigenvalue weighted by Crippen LogP contribution is -2.20. The first kappa shape index (κ1) is 14.0. The lowest BCUT2D eigenvalue weighted by atomic mass is 10.1. The maximum atomic E-state index is 13.4. The molecule has 0 saturated carbocycles. The fourth-order valence-corrected chi connectivity index (χ4v) is 1.96. The monoisotopic (exact) mass is 274 g/mol. The van der Waals surface area contributed by atoms with E-state index in [-0.39, 0.29) is 5.69 Å². The highest BCUT2D eigenvalue weighted by Crippen LogP contribution is 2.22. The van der Waals surface area contributed by atoms with Crippen molar-refractivity contribution in [3.05, 3.63) is 70.0 Å². The molecule has 0 atom stereocenters. The smallest absolute Gasteiger partial charge is 0.274 e. The molecule has 2 aromatic rings. The van der Waals surface area contributed by atoms with Gasteiger partial charge in [0, 0.05) is 25.3 Å². The highest BCUT2D eigenvalue weighted by atomic mass is 19.1. The Morgan fingerprint density at radius 3 is 2.55 bits per heavy atom. The lowest BCUT2D eigenvalue weighted by Gasteiger charge is -2.19. The average Bonchev–Trinajstić information content (AvgIpc) is 2.45. The summed E-state index contributed by atoms with van der Waals surface area (Å²) in [5.41, 5.74) is 1.45. The van der Waals surface area contributed by atoms with Gasteiger partial charge in [-0.25, -0.2) is 4.39 Å². The number of rotatable bonds is 5. The van der Waals surface area contributed by atoms with Gasteiger partial charge in [-0.2, -0.15) is 0 Å². The van der Waals surface area contributed by atoms with Crippen molar-refractivity contribution in [2.24, 2.45) is 0 Å². The van der Waals surface area contributed by atoms with Gasteiger partial charge in [-0.15, -0.1) is 0 Å². The maximum Gasteiger partial charge on any atom is 0.274 e. The Labute approximate surface area is 116 Å². The summed E-state index contributed by atoms with van der Waals surface area (Å²) in [5, 5.41) is 10.7. The zero-order valence-corrected chi connectivity index (χ0v) is 11.1. The highest BCUT2D eigenvalue weighted by Gasteiger charge is 2.12. The van der Waals surface area contributed by atoms with Gasteiger partial charge in [-0.3, -0.25) is 10.1 Å². The molecule has 0 aliphatic carbocycles. The molecule has 0 N–H and O–H groups in total. The molecule has 2 rings (SSSR count). The summed E-state index contributed by atoms with van der Waals surface area (Å²) in [4.78, 5) is 12.0. The first-order valence-corrected chi connectivity index (χ1v) is 6.26. The van der Waals surface area contributed by atoms with Gasteiger partial charge in [0.1, 0.15) is 5.82 Å². The topological polar surface area (TPSA) is 46.4 Å². The van der Waals surface area contributed by atoms with Crippen LogP contribution >= 0.6 is 0 Å². The second kappa shape index (κ2) is 6.14. The minimum Gasteiger partial charge on any atom is -0.374 e. The molecule has 0 aromatic heterocycles. The first-order valence-electron chi connectivity index (χ1n) is 6.26. The highest BCUT2D eigenvalue weighted by molar-refractivity contribution is 5.53. The number of nitrogens with zero attached hydrogens (tertiary/aromatic N) is 2. The zero-order valence-electron chi connectivity index (χ0n) is 11.1. The van der Waals surface area contributed by atoms with Crippen LogP contribution in [0.1, 0.15) is 5.56 Å². The minimum absolute atomic E-state index is 0.230. The zero-order chi connectivity index (χ0) is 14.5. The molecule has 5 heteroatoms. The van der Waals surface area contributed by atoms with Crippen LogP contribution in [-0.2, 0) is 6.42 Å². The summed E-state index contributed by atoms with van der Waals surface area (Å²) in [7, 11) is 1.79. The van der Waals surface area contributed by atoms with Crippen molar-refractivity contribution in [1.29, 1.82) is 0 Å². The van der Waals surface area contributed by atoms with Crippen molar-refractivity contribution in [2.45, 2.75) is 6.42 Å². The Bertz CT molecular complexity index is 602. The summed E-state index contributed by atoms with van der Waals surface area (Å²) in [6.07, 6.45) is 0.793. The van der Waals surface area contributed by atoms with Crippen LogP contribution in [-0.4, -0.2) is 18.5 Å². The van der Waals surface area contributed by atoms with E-state index in [9.17, 15) is 14.5 Å². The number of likely N-dealkylation sites (N-methyl/N-ethyl adjacent to an activating group) is 1. The van der Waals surface area contributed by atoms with Crippen LogP contribution in [0, 0.1) is 15.9 Å². The van der Waals surface area contributed by atoms with Gasteiger partial charge in [0.25, 0.3) is 5.69 Å². The van der Waals surface area contributed by atoms with Gasteiger partial charge in [-0.05, 0) is 18.1 Å². The summed E-state index contributed by atoms with van der Waals surface area (Å²) in [6, 6.07) is 13.5. The summed E-state index contributed by atoms with van der Waals surface area (Å²) < 4.78 is 13.4. The van der Waals surface area contributed by atoms with E-state index >= 15 is 0 Å². The molecular weight excluding hydrogens is 259 g/mol. The van der Waals surface area contributed by atoms with Crippen LogP contribution in [0.2, 0.25) is 0 Å². The lowest BCUT2D eigenvalue weighted by molar-refractivity contribution is -0.385. The number of hydrogen-bond donors (Lipinski definition) is 0. The third-order valence-electron chi connectivity index (χ3n) is 3.10. The molecule has 20 heavy (non-hydrogen) atoms. The van der Waals surface area contributed by atoms with Crippen LogP contribution in [0.4, 0.5) is 15.8 Å². The van der Waals surface area contributed by atoms with Gasteiger partial charge in [0.05, 0.1) is 11.0 Å². The average molecular weight is 274 g/mol. The fourth-order valence-electron chi connectivity index (χ4n) is 1.96. The van der Waals surface area contributed by atoms with E-state index in [1.165, 1.54) is 17.7 Å². The number of benzene rings is 2. The van der Waals surface area contributed by atoms with Crippen molar-refractivity contribution >= 4 is 11.4 Å². The van der Waals surface area contributed by atoms with Crippen LogP contribution in [0.3, 0.4) is 0 Å². The predicted molar refractivity (Wildman–Crippen MR) is 76.5 cm³/mol. The molecule has 0 bridgehead atoms. The third kappa shape index (κ3) is 3.54. The van der Waals surface area contributed by atoms with E-state index in [0.717, 1.165) is 12.5 Å². The van der Waals surface area contributed by atoms with Crippen LogP contribution in [0.5, 0.6) is 0 Å². The molecule has 0 aliphatic heterocycles. The number of non-ortho nitro benzene ring substituents is 1. The van der Waals surface area contributed by atoms with E-state index < -0.39 is 10.7 Å². The molecule has 0 spiro atoms. The number of anilines is 1. The Hall–Kier alpha value is -2.43. The van der Waals surface area contributed by atoms with Gasteiger partial charge >= 0.3 is 0 Å². The number of nitro benzene ring substituents is 1. The minimum atomic E-state index is -0.597. The molecule has 0 saturated heterocycles. The number of halogens is 1. The van der Waals surface area contributed by atoms with E-state index in [0.29, 0.717) is 12.2 Å². The number of nitro groups is 1. The summed E-state index contributed by atoms with van der Waals surface area (Å²) in [6.45, 7) is 0.657. The van der Waals surface area contributed by atoms with Crippen molar-refractivity contribution in [3.8, 4) is 0 Å². The standard InChI is InChI=1S/C15H15FN2O2/c1-17(8-7-12-5-3-2-4-6-12)14-9-13(16)10-15(11-14)18(19)20/h2-6,9-11H,7-8H2,1H3. The Kier molecular flexibility index (Phi) is 4.30. The molecule has 0 unspecified atom stereocenters. The fraction of sp³-hybridized carbons (Fsp3) is 0.200. The molecule has 0 aliphatic rings. The molecule has 2 aromatic carbocycles. The molecular formula is C15H15FN2O2. The predicted octanol–water partition coefficient (Wildman–Crippen LogP) is 3.41. The molecule has 0 radical (unpaired) electrons. The van der Waals surface area contributed by atoms with Crippen LogP contribution < -0.4 is 4.90 Å². The van der Waals surface area contributed by atoms with Crippen molar-refractivity contribution in [2.75, 3.05) is 18.5 Å². The summed E-state index contributed by atoms with van der Waals surface area (Å²) in [5.74, 6) is -0.597. The molecule has 0 heterocycles. The molecule has 104 valence electrons. The Balaban J connectivity index is 2.09. The van der Waals surface area contributed by atoms with Crippen molar-refractivity contribution in [3.63, 3.8) is 0 Å². The normalized spacial score (nSPS) is 10.3. The molecule has 0 fully saturated rings. The van der Waals surface area contributed by atoms with Crippen molar-refractivity contribution < 1.29 is 9.31 Å². The Morgan fingerprint density at radius 1 is 1.20 bits per heavy atom. The molecule has 4 nitrogen and oxygen atoms in total. The van der Waals surface area contributed by atoms with E-state index in [2.05, 4.69) is 0 Å². The van der Waals surface area contributed by atoms with Crippen molar-refractivity contribution in [1.82, 2.24) is 0 Å². The van der Waals surface area contributed by atoms with Crippen LogP contribution in [0.15, 0.2) is 48.5 Å². The van der Waals surface area contributed by atoms with Gasteiger partial charge in [-0.1, -0.05) is 30.3 Å². The quantitative estimate of drug-likeness (QED) is 0.620. The maximum absolute atomic E-state index is 13.4. The van der Waals surface area contributed by atoms with E-state index in [1.807, 2.05) is 35.2 Å². The van der Waals surface area contributed by atoms with E-state index in [1.54, 1.807) is 7.05 Å². The third-order valence-corrected chi connectivity index (χ3v) is 3.10. The first-order chi connectivity index (χ1) is 9.56. The molecule has 0 amide bonds. The van der Waals surface area contributed by atoms with E-state index in [4.69, 9.17) is 0 Å². The van der Waals surface area contributed by atoms with Gasteiger partial charge < -0.3 is 4.90 Å². The number of hydrogen-bond acceptors (Lipinski definition) is 3. The summed E-state index contributed by atoms with van der Waals surface area (Å²) >= 11 is 0. The second-order valence-corrected chi connectivity index (χ2v) is 4.58. The SMILES string of the molecule is CN(CCc1ccccc1)c1cc(F)cc([N+](=O)[O-])c1. The Morgan fingerprint density at radius 2 is 1.90 bits per heavy atom. The van der Waals surface area contributed by atoms with Gasteiger partial charge in [0.15, 0.2) is 0 Å².